The Bertz CT molecular complexity index is 891. The van der Waals surface area contributed by atoms with E-state index >= 15 is 0 Å². The molecular formula is C23H32N4O3. The first-order valence-corrected chi connectivity index (χ1v) is 11.0. The highest BCUT2D eigenvalue weighted by Gasteiger charge is 2.37. The SMILES string of the molecule is CCCCCC(C)NC(=O)CC[C@@H]1NC(=O)N(CCc2c[nH]c3ccccc23)C1=O. The normalized spacial score (nSPS) is 17.4. The van der Waals surface area contributed by atoms with Crippen LogP contribution < -0.4 is 10.6 Å². The van der Waals surface area contributed by atoms with Crippen molar-refractivity contribution in [2.45, 2.75) is 70.9 Å². The molecule has 1 aromatic carbocycles. The molecule has 162 valence electrons. The van der Waals surface area contributed by atoms with Crippen molar-refractivity contribution in [3.05, 3.63) is 36.0 Å². The Morgan fingerprint density at radius 1 is 1.23 bits per heavy atom. The number of carbonyl (C=O) groups is 3. The summed E-state index contributed by atoms with van der Waals surface area (Å²) in [5, 5.41) is 6.80. The summed E-state index contributed by atoms with van der Waals surface area (Å²) in [4.78, 5) is 41.6. The van der Waals surface area contributed by atoms with E-state index in [1.165, 1.54) is 4.90 Å². The van der Waals surface area contributed by atoms with Crippen molar-refractivity contribution in [3.63, 3.8) is 0 Å². The maximum absolute atomic E-state index is 12.7. The zero-order valence-electron chi connectivity index (χ0n) is 17.9. The summed E-state index contributed by atoms with van der Waals surface area (Å²) in [5.41, 5.74) is 2.11. The monoisotopic (exact) mass is 412 g/mol. The third-order valence-electron chi connectivity index (χ3n) is 5.69. The number of unbranched alkanes of at least 4 members (excludes halogenated alkanes) is 2. The minimum absolute atomic E-state index is 0.0710. The maximum atomic E-state index is 12.7. The van der Waals surface area contributed by atoms with E-state index in [1.54, 1.807) is 0 Å². The molecule has 3 N–H and O–H groups in total. The molecule has 1 aromatic heterocycles. The topological polar surface area (TPSA) is 94.3 Å². The van der Waals surface area contributed by atoms with Crippen LogP contribution >= 0.6 is 0 Å². The van der Waals surface area contributed by atoms with Crippen LogP contribution in [-0.4, -0.2) is 46.4 Å². The average Bonchev–Trinajstić information content (AvgIpc) is 3.25. The Morgan fingerprint density at radius 2 is 2.03 bits per heavy atom. The van der Waals surface area contributed by atoms with E-state index in [2.05, 4.69) is 22.5 Å². The molecule has 7 nitrogen and oxygen atoms in total. The van der Waals surface area contributed by atoms with Crippen LogP contribution in [0.4, 0.5) is 4.79 Å². The molecule has 0 saturated carbocycles. The zero-order valence-corrected chi connectivity index (χ0v) is 17.9. The first kappa shape index (κ1) is 21.9. The summed E-state index contributed by atoms with van der Waals surface area (Å²) >= 11 is 0. The van der Waals surface area contributed by atoms with Gasteiger partial charge in [-0.3, -0.25) is 14.5 Å². The summed E-state index contributed by atoms with van der Waals surface area (Å²) in [7, 11) is 0. The fourth-order valence-electron chi connectivity index (χ4n) is 3.95. The number of para-hydroxylation sites is 1. The van der Waals surface area contributed by atoms with E-state index in [0.29, 0.717) is 19.4 Å². The highest BCUT2D eigenvalue weighted by atomic mass is 16.2. The molecule has 2 aromatic rings. The molecule has 30 heavy (non-hydrogen) atoms. The molecule has 1 unspecified atom stereocenters. The summed E-state index contributed by atoms with van der Waals surface area (Å²) in [5.74, 6) is -0.318. The number of nitrogens with zero attached hydrogens (tertiary/aromatic N) is 1. The fourth-order valence-corrected chi connectivity index (χ4v) is 3.95. The van der Waals surface area contributed by atoms with Crippen LogP contribution in [0.1, 0.15) is 57.9 Å². The van der Waals surface area contributed by atoms with Gasteiger partial charge in [0.05, 0.1) is 0 Å². The average molecular weight is 413 g/mol. The second-order valence-corrected chi connectivity index (χ2v) is 8.10. The molecule has 1 aliphatic rings. The minimum atomic E-state index is -0.624. The van der Waals surface area contributed by atoms with Gasteiger partial charge in [0, 0.05) is 36.1 Å². The minimum Gasteiger partial charge on any atom is -0.361 e. The summed E-state index contributed by atoms with van der Waals surface area (Å²) in [6, 6.07) is 7.09. The van der Waals surface area contributed by atoms with Gasteiger partial charge in [-0.25, -0.2) is 4.79 Å². The van der Waals surface area contributed by atoms with E-state index in [-0.39, 0.29) is 30.3 Å². The van der Waals surface area contributed by atoms with Crippen LogP contribution in [0, 0.1) is 0 Å². The smallest absolute Gasteiger partial charge is 0.324 e. The number of rotatable bonds is 11. The van der Waals surface area contributed by atoms with Crippen molar-refractivity contribution in [2.24, 2.45) is 0 Å². The van der Waals surface area contributed by atoms with Crippen LogP contribution in [0.25, 0.3) is 10.9 Å². The standard InChI is InChI=1S/C23H32N4O3/c1-3-4-5-8-16(2)25-21(28)12-11-20-22(29)27(23(30)26-20)14-13-17-15-24-19-10-7-6-9-18(17)19/h6-7,9-10,15-16,20,24H,3-5,8,11-14H2,1-2H3,(H,25,28)(H,26,30)/t16?,20-/m0/s1. The highest BCUT2D eigenvalue weighted by molar-refractivity contribution is 6.04. The van der Waals surface area contributed by atoms with Gasteiger partial charge in [-0.2, -0.15) is 0 Å². The van der Waals surface area contributed by atoms with Crippen molar-refractivity contribution in [3.8, 4) is 0 Å². The predicted molar refractivity (Wildman–Crippen MR) is 117 cm³/mol. The van der Waals surface area contributed by atoms with Crippen LogP contribution in [0.15, 0.2) is 30.5 Å². The number of aromatic nitrogens is 1. The van der Waals surface area contributed by atoms with Gasteiger partial charge in [0.2, 0.25) is 5.91 Å². The number of aromatic amines is 1. The molecule has 0 spiro atoms. The first-order chi connectivity index (χ1) is 14.5. The number of H-pyrrole nitrogens is 1. The largest absolute Gasteiger partial charge is 0.361 e. The number of benzene rings is 1. The molecule has 2 heterocycles. The number of amides is 4. The molecular weight excluding hydrogens is 380 g/mol. The van der Waals surface area contributed by atoms with Crippen LogP contribution in [-0.2, 0) is 16.0 Å². The third-order valence-corrected chi connectivity index (χ3v) is 5.69. The molecule has 2 atom stereocenters. The van der Waals surface area contributed by atoms with Crippen molar-refractivity contribution in [2.75, 3.05) is 6.54 Å². The van der Waals surface area contributed by atoms with Crippen molar-refractivity contribution in [1.29, 1.82) is 0 Å². The number of nitrogens with one attached hydrogen (secondary N) is 3. The van der Waals surface area contributed by atoms with Gasteiger partial charge in [0.15, 0.2) is 0 Å². The molecule has 0 aliphatic carbocycles. The van der Waals surface area contributed by atoms with Crippen molar-refractivity contribution >= 4 is 28.7 Å². The third kappa shape index (κ3) is 5.40. The predicted octanol–water partition coefficient (Wildman–Crippen LogP) is 3.50. The van der Waals surface area contributed by atoms with Gasteiger partial charge in [0.1, 0.15) is 6.04 Å². The van der Waals surface area contributed by atoms with Crippen LogP contribution in [0.5, 0.6) is 0 Å². The molecule has 4 amide bonds. The van der Waals surface area contributed by atoms with Gasteiger partial charge in [0.25, 0.3) is 5.91 Å². The quantitative estimate of drug-likeness (QED) is 0.389. The molecule has 1 saturated heterocycles. The van der Waals surface area contributed by atoms with Gasteiger partial charge in [-0.05, 0) is 37.8 Å². The van der Waals surface area contributed by atoms with E-state index < -0.39 is 6.04 Å². The van der Waals surface area contributed by atoms with Gasteiger partial charge < -0.3 is 15.6 Å². The number of fused-ring (bicyclic) bond motifs is 1. The molecule has 1 fully saturated rings. The Hall–Kier alpha value is -2.83. The van der Waals surface area contributed by atoms with Gasteiger partial charge >= 0.3 is 6.03 Å². The van der Waals surface area contributed by atoms with Crippen LogP contribution in [0.2, 0.25) is 0 Å². The molecule has 7 heteroatoms. The summed E-state index contributed by atoms with van der Waals surface area (Å²) < 4.78 is 0. The summed E-state index contributed by atoms with van der Waals surface area (Å²) in [6.07, 6.45) is 7.43. The van der Waals surface area contributed by atoms with Crippen LogP contribution in [0.3, 0.4) is 0 Å². The van der Waals surface area contributed by atoms with E-state index in [1.807, 2.05) is 37.4 Å². The second kappa shape index (κ2) is 10.3. The molecule has 0 bridgehead atoms. The van der Waals surface area contributed by atoms with E-state index in [4.69, 9.17) is 0 Å². The lowest BCUT2D eigenvalue weighted by Gasteiger charge is -2.15. The molecule has 1 aliphatic heterocycles. The van der Waals surface area contributed by atoms with Crippen molar-refractivity contribution < 1.29 is 14.4 Å². The van der Waals surface area contributed by atoms with Gasteiger partial charge in [-0.1, -0.05) is 44.4 Å². The fraction of sp³-hybridized carbons (Fsp3) is 0.522. The van der Waals surface area contributed by atoms with E-state index in [0.717, 1.165) is 42.1 Å². The second-order valence-electron chi connectivity index (χ2n) is 8.10. The van der Waals surface area contributed by atoms with Crippen molar-refractivity contribution in [1.82, 2.24) is 20.5 Å². The molecule has 3 rings (SSSR count). The number of imide groups is 1. The highest BCUT2D eigenvalue weighted by Crippen LogP contribution is 2.19. The Labute approximate surface area is 177 Å². The Morgan fingerprint density at radius 3 is 2.83 bits per heavy atom. The number of hydrogen-bond donors (Lipinski definition) is 3. The van der Waals surface area contributed by atoms with Gasteiger partial charge in [-0.15, -0.1) is 0 Å². The Kier molecular flexibility index (Phi) is 7.49. The lowest BCUT2D eigenvalue weighted by molar-refractivity contribution is -0.127. The lowest BCUT2D eigenvalue weighted by Crippen LogP contribution is -2.35. The molecule has 0 radical (unpaired) electrons. The maximum Gasteiger partial charge on any atom is 0.324 e. The first-order valence-electron chi connectivity index (χ1n) is 11.0. The van der Waals surface area contributed by atoms with E-state index in [9.17, 15) is 14.4 Å². The zero-order chi connectivity index (χ0) is 21.5. The number of hydrogen-bond acceptors (Lipinski definition) is 3. The Balaban J connectivity index is 1.45. The lowest BCUT2D eigenvalue weighted by atomic mass is 10.1. The summed E-state index contributed by atoms with van der Waals surface area (Å²) in [6.45, 7) is 4.48. The number of carbonyl (C=O) groups excluding carboxylic acids is 3. The number of urea groups is 1.